The van der Waals surface area contributed by atoms with E-state index in [0.29, 0.717) is 12.0 Å². The first-order chi connectivity index (χ1) is 11.6. The summed E-state index contributed by atoms with van der Waals surface area (Å²) in [7, 11) is 0. The van der Waals surface area contributed by atoms with Gasteiger partial charge in [0.2, 0.25) is 0 Å². The van der Waals surface area contributed by atoms with E-state index >= 15 is 0 Å². The van der Waals surface area contributed by atoms with Gasteiger partial charge in [0.1, 0.15) is 5.41 Å². The van der Waals surface area contributed by atoms with Crippen molar-refractivity contribution in [3.8, 4) is 0 Å². The molecule has 0 aliphatic heterocycles. The molecule has 0 heterocycles. The predicted octanol–water partition coefficient (Wildman–Crippen LogP) is 3.63. The topological polar surface area (TPSA) is 66.4 Å². The van der Waals surface area contributed by atoms with Gasteiger partial charge in [-0.15, -0.1) is 0 Å². The number of rotatable bonds is 8. The number of carbonyl (C=O) groups excluding carboxylic acids is 1. The van der Waals surface area contributed by atoms with Gasteiger partial charge in [-0.2, -0.15) is 0 Å². The van der Waals surface area contributed by atoms with Crippen LogP contribution in [0.5, 0.6) is 0 Å². The predicted molar refractivity (Wildman–Crippen MR) is 94.1 cm³/mol. The van der Waals surface area contributed by atoms with Crippen molar-refractivity contribution in [3.63, 3.8) is 0 Å². The molecular weight excluding hydrogens is 302 g/mol. The first-order valence-corrected chi connectivity index (χ1v) is 8.22. The van der Waals surface area contributed by atoms with Crippen LogP contribution in [-0.4, -0.2) is 23.5 Å². The Morgan fingerprint density at radius 1 is 1.00 bits per heavy atom. The number of aliphatic carboxylic acids is 1. The molecule has 126 valence electrons. The van der Waals surface area contributed by atoms with Crippen LogP contribution in [0.15, 0.2) is 60.7 Å². The lowest BCUT2D eigenvalue weighted by atomic mass is 9.76. The first-order valence-electron chi connectivity index (χ1n) is 8.22. The Bertz CT molecular complexity index is 670. The van der Waals surface area contributed by atoms with E-state index in [9.17, 15) is 14.7 Å². The molecule has 0 radical (unpaired) electrons. The zero-order chi connectivity index (χ0) is 17.4. The second kappa shape index (κ2) is 8.29. The normalized spacial score (nSPS) is 13.0. The summed E-state index contributed by atoms with van der Waals surface area (Å²) in [5.41, 5.74) is 0.140. The fourth-order valence-corrected chi connectivity index (χ4v) is 2.80. The van der Waals surface area contributed by atoms with Crippen LogP contribution in [0.3, 0.4) is 0 Å². The largest absolute Gasteiger partial charge is 0.481 e. The highest BCUT2D eigenvalue weighted by atomic mass is 16.4. The van der Waals surface area contributed by atoms with Crippen molar-refractivity contribution in [2.75, 3.05) is 6.54 Å². The van der Waals surface area contributed by atoms with Crippen molar-refractivity contribution in [1.82, 2.24) is 5.32 Å². The second-order valence-corrected chi connectivity index (χ2v) is 5.91. The van der Waals surface area contributed by atoms with Gasteiger partial charge in [-0.05, 0) is 24.1 Å². The number of carboxylic acid groups (broad SMARTS) is 1. The number of benzene rings is 2. The van der Waals surface area contributed by atoms with E-state index in [0.717, 1.165) is 18.4 Å². The van der Waals surface area contributed by atoms with Gasteiger partial charge < -0.3 is 10.4 Å². The van der Waals surface area contributed by atoms with E-state index in [1.54, 1.807) is 24.3 Å². The zero-order valence-corrected chi connectivity index (χ0v) is 13.9. The molecule has 0 aromatic heterocycles. The summed E-state index contributed by atoms with van der Waals surface area (Å²) in [5, 5.41) is 12.7. The van der Waals surface area contributed by atoms with Crippen LogP contribution >= 0.6 is 0 Å². The van der Waals surface area contributed by atoms with E-state index in [1.165, 1.54) is 0 Å². The van der Waals surface area contributed by atoms with Crippen LogP contribution in [0.4, 0.5) is 0 Å². The molecule has 1 atom stereocenters. The highest BCUT2D eigenvalue weighted by molar-refractivity contribution is 5.94. The Morgan fingerprint density at radius 3 is 2.12 bits per heavy atom. The number of hydrogen-bond donors (Lipinski definition) is 2. The molecule has 0 aliphatic carbocycles. The average molecular weight is 325 g/mol. The highest BCUT2D eigenvalue weighted by Crippen LogP contribution is 2.30. The fourth-order valence-electron chi connectivity index (χ4n) is 2.80. The van der Waals surface area contributed by atoms with Crippen molar-refractivity contribution in [1.29, 1.82) is 0 Å². The van der Waals surface area contributed by atoms with Crippen LogP contribution in [0.25, 0.3) is 0 Å². The van der Waals surface area contributed by atoms with Gasteiger partial charge in [0.25, 0.3) is 5.91 Å². The molecule has 1 amide bonds. The van der Waals surface area contributed by atoms with E-state index in [1.807, 2.05) is 43.3 Å². The van der Waals surface area contributed by atoms with Crippen molar-refractivity contribution < 1.29 is 14.7 Å². The molecule has 0 aliphatic rings. The monoisotopic (exact) mass is 325 g/mol. The van der Waals surface area contributed by atoms with Gasteiger partial charge in [-0.1, -0.05) is 68.3 Å². The summed E-state index contributed by atoms with van der Waals surface area (Å²) in [6, 6.07) is 18.0. The van der Waals surface area contributed by atoms with Crippen molar-refractivity contribution in [3.05, 3.63) is 71.8 Å². The minimum absolute atomic E-state index is 0.0695. The molecule has 0 saturated carbocycles. The number of unbranched alkanes of at least 4 members (excludes halogenated alkanes) is 1. The summed E-state index contributed by atoms with van der Waals surface area (Å²) in [4.78, 5) is 24.4. The van der Waals surface area contributed by atoms with Gasteiger partial charge in [0.05, 0.1) is 0 Å². The molecule has 2 N–H and O–H groups in total. The molecule has 4 heteroatoms. The maximum Gasteiger partial charge on any atom is 0.315 e. The van der Waals surface area contributed by atoms with Crippen LogP contribution < -0.4 is 5.32 Å². The van der Waals surface area contributed by atoms with E-state index in [-0.39, 0.29) is 12.5 Å². The van der Waals surface area contributed by atoms with E-state index in [4.69, 9.17) is 0 Å². The standard InChI is InChI=1S/C20H23NO3/c1-2-3-14-20(19(23)24,17-12-8-5-9-13-17)15-21-18(22)16-10-6-4-7-11-16/h4-13H,2-3,14-15H2,1H3,(H,21,22)(H,23,24)/t20-/m1/s1. The number of nitrogens with one attached hydrogen (secondary N) is 1. The first kappa shape index (κ1) is 17.7. The van der Waals surface area contributed by atoms with Crippen LogP contribution in [-0.2, 0) is 10.2 Å². The quantitative estimate of drug-likeness (QED) is 0.779. The molecule has 0 saturated heterocycles. The third kappa shape index (κ3) is 4.02. The number of hydrogen-bond acceptors (Lipinski definition) is 2. The summed E-state index contributed by atoms with van der Waals surface area (Å²) >= 11 is 0. The number of amides is 1. The summed E-state index contributed by atoms with van der Waals surface area (Å²) in [6.07, 6.45) is 2.16. The van der Waals surface area contributed by atoms with Crippen molar-refractivity contribution >= 4 is 11.9 Å². The third-order valence-electron chi connectivity index (χ3n) is 4.28. The summed E-state index contributed by atoms with van der Waals surface area (Å²) in [5.74, 6) is -1.16. The Hall–Kier alpha value is -2.62. The van der Waals surface area contributed by atoms with Gasteiger partial charge in [0.15, 0.2) is 0 Å². The average Bonchev–Trinajstić information content (AvgIpc) is 2.63. The highest BCUT2D eigenvalue weighted by Gasteiger charge is 2.40. The molecular formula is C20H23NO3. The molecule has 0 spiro atoms. The Balaban J connectivity index is 2.25. The van der Waals surface area contributed by atoms with Crippen molar-refractivity contribution in [2.24, 2.45) is 0 Å². The third-order valence-corrected chi connectivity index (χ3v) is 4.28. The molecule has 2 aromatic rings. The van der Waals surface area contributed by atoms with Crippen molar-refractivity contribution in [2.45, 2.75) is 31.6 Å². The van der Waals surface area contributed by atoms with Crippen LogP contribution in [0.1, 0.15) is 42.1 Å². The molecule has 0 bridgehead atoms. The number of carbonyl (C=O) groups is 2. The summed E-state index contributed by atoms with van der Waals surface area (Å²) < 4.78 is 0. The van der Waals surface area contributed by atoms with Gasteiger partial charge >= 0.3 is 5.97 Å². The minimum atomic E-state index is -1.11. The number of carboxylic acids is 1. The zero-order valence-electron chi connectivity index (χ0n) is 13.9. The molecule has 4 nitrogen and oxygen atoms in total. The summed E-state index contributed by atoms with van der Waals surface area (Å²) in [6.45, 7) is 2.10. The lowest BCUT2D eigenvalue weighted by Gasteiger charge is -2.30. The van der Waals surface area contributed by atoms with Gasteiger partial charge in [-0.3, -0.25) is 9.59 Å². The Morgan fingerprint density at radius 2 is 1.58 bits per heavy atom. The van der Waals surface area contributed by atoms with Crippen LogP contribution in [0, 0.1) is 0 Å². The maximum absolute atomic E-state index is 12.3. The smallest absolute Gasteiger partial charge is 0.315 e. The Kier molecular flexibility index (Phi) is 6.13. The lowest BCUT2D eigenvalue weighted by Crippen LogP contribution is -2.46. The second-order valence-electron chi connectivity index (χ2n) is 5.91. The molecule has 0 unspecified atom stereocenters. The Labute approximate surface area is 142 Å². The van der Waals surface area contributed by atoms with E-state index < -0.39 is 11.4 Å². The lowest BCUT2D eigenvalue weighted by molar-refractivity contribution is -0.144. The fraction of sp³-hybridized carbons (Fsp3) is 0.300. The van der Waals surface area contributed by atoms with E-state index in [2.05, 4.69) is 5.32 Å². The molecule has 2 aromatic carbocycles. The molecule has 2 rings (SSSR count). The SMILES string of the molecule is CCCC[C@](CNC(=O)c1ccccc1)(C(=O)O)c1ccccc1. The minimum Gasteiger partial charge on any atom is -0.481 e. The van der Waals surface area contributed by atoms with Gasteiger partial charge in [0, 0.05) is 12.1 Å². The molecule has 0 fully saturated rings. The molecule has 24 heavy (non-hydrogen) atoms. The van der Waals surface area contributed by atoms with Gasteiger partial charge in [-0.25, -0.2) is 0 Å². The maximum atomic E-state index is 12.3. The van der Waals surface area contributed by atoms with Crippen LogP contribution in [0.2, 0.25) is 0 Å².